The zero-order valence-corrected chi connectivity index (χ0v) is 15.4. The Morgan fingerprint density at radius 3 is 2.91 bits per heavy atom. The zero-order chi connectivity index (χ0) is 16.4. The van der Waals surface area contributed by atoms with E-state index in [0.717, 1.165) is 26.5 Å². The molecule has 0 bridgehead atoms. The van der Waals surface area contributed by atoms with E-state index in [1.807, 2.05) is 16.8 Å². The number of hydrogen-bond donors (Lipinski definition) is 1. The van der Waals surface area contributed by atoms with Crippen molar-refractivity contribution in [3.63, 3.8) is 0 Å². The number of halogens is 1. The van der Waals surface area contributed by atoms with Gasteiger partial charge in [0.25, 0.3) is 0 Å². The standard InChI is InChI=1S/C15H15BrN2O3S2/c16-10-4-12(22-7-10)14-17-11(8-23-14)5-13(19)18-3-1-2-9(6-18)15(20)21/h4,7-9H,1-3,5-6H2,(H,20,21)/t9-/m0/s1. The Morgan fingerprint density at radius 2 is 2.22 bits per heavy atom. The summed E-state index contributed by atoms with van der Waals surface area (Å²) in [6.45, 7) is 0.945. The monoisotopic (exact) mass is 414 g/mol. The molecule has 2 aromatic heterocycles. The number of nitrogens with zero attached hydrogens (tertiary/aromatic N) is 2. The maximum absolute atomic E-state index is 12.4. The molecule has 23 heavy (non-hydrogen) atoms. The zero-order valence-electron chi connectivity index (χ0n) is 12.2. The van der Waals surface area contributed by atoms with Crippen LogP contribution in [0, 0.1) is 5.92 Å². The highest BCUT2D eigenvalue weighted by Gasteiger charge is 2.28. The first-order valence-electron chi connectivity index (χ1n) is 7.22. The van der Waals surface area contributed by atoms with Crippen LogP contribution in [-0.2, 0) is 16.0 Å². The molecular weight excluding hydrogens is 400 g/mol. The third-order valence-electron chi connectivity index (χ3n) is 3.79. The number of carboxylic acid groups (broad SMARTS) is 1. The third kappa shape index (κ3) is 3.99. The van der Waals surface area contributed by atoms with Crippen molar-refractivity contribution >= 4 is 50.5 Å². The van der Waals surface area contributed by atoms with Crippen LogP contribution in [0.3, 0.4) is 0 Å². The molecule has 0 spiro atoms. The van der Waals surface area contributed by atoms with E-state index in [0.29, 0.717) is 19.5 Å². The summed E-state index contributed by atoms with van der Waals surface area (Å²) in [5, 5.41) is 13.9. The maximum atomic E-state index is 12.4. The summed E-state index contributed by atoms with van der Waals surface area (Å²) < 4.78 is 1.03. The minimum atomic E-state index is -0.818. The quantitative estimate of drug-likeness (QED) is 0.830. The summed E-state index contributed by atoms with van der Waals surface area (Å²) in [7, 11) is 0. The number of piperidine rings is 1. The van der Waals surface area contributed by atoms with Gasteiger partial charge in [-0.2, -0.15) is 0 Å². The van der Waals surface area contributed by atoms with Gasteiger partial charge in [-0.25, -0.2) is 4.98 Å². The highest BCUT2D eigenvalue weighted by atomic mass is 79.9. The predicted molar refractivity (Wildman–Crippen MR) is 93.8 cm³/mol. The molecule has 1 N–H and O–H groups in total. The molecule has 1 aliphatic rings. The van der Waals surface area contributed by atoms with Crippen molar-refractivity contribution in [2.45, 2.75) is 19.3 Å². The summed E-state index contributed by atoms with van der Waals surface area (Å²) in [6, 6.07) is 2.01. The average molecular weight is 415 g/mol. The lowest BCUT2D eigenvalue weighted by molar-refractivity contribution is -0.145. The molecule has 122 valence electrons. The number of amides is 1. The van der Waals surface area contributed by atoms with Gasteiger partial charge in [-0.15, -0.1) is 22.7 Å². The Bertz CT molecular complexity index is 728. The summed E-state index contributed by atoms with van der Waals surface area (Å²) >= 11 is 6.55. The molecule has 3 rings (SSSR count). The van der Waals surface area contributed by atoms with Crippen LogP contribution in [-0.4, -0.2) is 40.0 Å². The SMILES string of the molecule is O=C(O)[C@H]1CCCN(C(=O)Cc2csc(-c3cc(Br)cs3)n2)C1. The van der Waals surface area contributed by atoms with Crippen LogP contribution in [0.15, 0.2) is 21.3 Å². The van der Waals surface area contributed by atoms with Crippen molar-refractivity contribution in [3.8, 4) is 9.88 Å². The number of aliphatic carboxylic acids is 1. The van der Waals surface area contributed by atoms with Gasteiger partial charge in [-0.3, -0.25) is 9.59 Å². The number of carbonyl (C=O) groups excluding carboxylic acids is 1. The molecule has 1 amide bonds. The number of likely N-dealkylation sites (tertiary alicyclic amines) is 1. The van der Waals surface area contributed by atoms with E-state index in [9.17, 15) is 9.59 Å². The van der Waals surface area contributed by atoms with Crippen LogP contribution in [0.4, 0.5) is 0 Å². The summed E-state index contributed by atoms with van der Waals surface area (Å²) in [5.41, 5.74) is 0.747. The van der Waals surface area contributed by atoms with Crippen molar-refractivity contribution in [3.05, 3.63) is 27.0 Å². The Labute approximate surface area is 150 Å². The lowest BCUT2D eigenvalue weighted by Crippen LogP contribution is -2.43. The fraction of sp³-hybridized carbons (Fsp3) is 0.400. The molecule has 0 radical (unpaired) electrons. The van der Waals surface area contributed by atoms with Crippen LogP contribution in [0.25, 0.3) is 9.88 Å². The van der Waals surface area contributed by atoms with Gasteiger partial charge in [0.1, 0.15) is 5.01 Å². The van der Waals surface area contributed by atoms with Crippen molar-refractivity contribution in [2.24, 2.45) is 5.92 Å². The van der Waals surface area contributed by atoms with E-state index in [4.69, 9.17) is 5.11 Å². The molecule has 1 fully saturated rings. The molecule has 3 heterocycles. The molecule has 1 atom stereocenters. The van der Waals surface area contributed by atoms with Crippen molar-refractivity contribution in [2.75, 3.05) is 13.1 Å². The van der Waals surface area contributed by atoms with E-state index >= 15 is 0 Å². The van der Waals surface area contributed by atoms with E-state index in [1.165, 1.54) is 11.3 Å². The third-order valence-corrected chi connectivity index (χ3v) is 6.54. The summed E-state index contributed by atoms with van der Waals surface area (Å²) in [5.74, 6) is -1.30. The Kier molecular flexibility index (Phi) is 5.13. The van der Waals surface area contributed by atoms with Gasteiger partial charge in [0.15, 0.2) is 0 Å². The van der Waals surface area contributed by atoms with E-state index < -0.39 is 11.9 Å². The highest BCUT2D eigenvalue weighted by Crippen LogP contribution is 2.32. The van der Waals surface area contributed by atoms with Gasteiger partial charge in [0, 0.05) is 28.3 Å². The normalized spacial score (nSPS) is 18.1. The Balaban J connectivity index is 1.64. The average Bonchev–Trinajstić information content (AvgIpc) is 3.16. The van der Waals surface area contributed by atoms with E-state index in [-0.39, 0.29) is 12.3 Å². The largest absolute Gasteiger partial charge is 0.481 e. The van der Waals surface area contributed by atoms with Crippen molar-refractivity contribution < 1.29 is 14.7 Å². The van der Waals surface area contributed by atoms with Crippen molar-refractivity contribution in [1.29, 1.82) is 0 Å². The number of aromatic nitrogens is 1. The molecule has 1 saturated heterocycles. The number of hydrogen-bond acceptors (Lipinski definition) is 5. The van der Waals surface area contributed by atoms with E-state index in [2.05, 4.69) is 20.9 Å². The molecular formula is C15H15BrN2O3S2. The molecule has 0 unspecified atom stereocenters. The fourth-order valence-corrected chi connectivity index (χ4v) is 4.93. The number of thiophene rings is 1. The van der Waals surface area contributed by atoms with E-state index in [1.54, 1.807) is 16.2 Å². The lowest BCUT2D eigenvalue weighted by atomic mass is 9.98. The second-order valence-electron chi connectivity index (χ2n) is 5.47. The highest BCUT2D eigenvalue weighted by molar-refractivity contribution is 9.10. The second-order valence-corrected chi connectivity index (χ2v) is 8.15. The smallest absolute Gasteiger partial charge is 0.308 e. The van der Waals surface area contributed by atoms with Gasteiger partial charge in [0.05, 0.1) is 22.9 Å². The van der Waals surface area contributed by atoms with Crippen LogP contribution in [0.5, 0.6) is 0 Å². The number of carboxylic acids is 1. The number of rotatable bonds is 4. The van der Waals surface area contributed by atoms with Gasteiger partial charge in [-0.05, 0) is 34.8 Å². The van der Waals surface area contributed by atoms with Crippen LogP contribution in [0.2, 0.25) is 0 Å². The van der Waals surface area contributed by atoms with Gasteiger partial charge >= 0.3 is 5.97 Å². The van der Waals surface area contributed by atoms with Crippen LogP contribution in [0.1, 0.15) is 18.5 Å². The lowest BCUT2D eigenvalue weighted by Gasteiger charge is -2.30. The minimum absolute atomic E-state index is 0.0415. The minimum Gasteiger partial charge on any atom is -0.481 e. The molecule has 8 heteroatoms. The Morgan fingerprint density at radius 1 is 1.39 bits per heavy atom. The molecule has 0 aliphatic carbocycles. The molecule has 2 aromatic rings. The topological polar surface area (TPSA) is 70.5 Å². The first kappa shape index (κ1) is 16.6. The molecule has 5 nitrogen and oxygen atoms in total. The second kappa shape index (κ2) is 7.11. The molecule has 0 saturated carbocycles. The molecule has 0 aromatic carbocycles. The number of carbonyl (C=O) groups is 2. The van der Waals surface area contributed by atoms with Crippen molar-refractivity contribution in [1.82, 2.24) is 9.88 Å². The number of thiazole rings is 1. The van der Waals surface area contributed by atoms with Gasteiger partial charge in [-0.1, -0.05) is 0 Å². The predicted octanol–water partition coefficient (Wildman–Crippen LogP) is 3.50. The summed E-state index contributed by atoms with van der Waals surface area (Å²) in [6.07, 6.45) is 1.62. The fourth-order valence-electron chi connectivity index (χ4n) is 2.60. The van der Waals surface area contributed by atoms with Gasteiger partial charge in [0.2, 0.25) is 5.91 Å². The maximum Gasteiger partial charge on any atom is 0.308 e. The first-order valence-corrected chi connectivity index (χ1v) is 9.77. The first-order chi connectivity index (χ1) is 11.0. The molecule has 1 aliphatic heterocycles. The van der Waals surface area contributed by atoms with Crippen LogP contribution >= 0.6 is 38.6 Å². The van der Waals surface area contributed by atoms with Crippen LogP contribution < -0.4 is 0 Å². The summed E-state index contributed by atoms with van der Waals surface area (Å²) in [4.78, 5) is 30.7. The van der Waals surface area contributed by atoms with Gasteiger partial charge < -0.3 is 10.0 Å². The Hall–Kier alpha value is -1.25.